The second-order valence-corrected chi connectivity index (χ2v) is 8.78. The van der Waals surface area contributed by atoms with Crippen LogP contribution in [-0.2, 0) is 10.0 Å². The summed E-state index contributed by atoms with van der Waals surface area (Å²) in [5, 5.41) is 6.44. The van der Waals surface area contributed by atoms with Gasteiger partial charge in [-0.1, -0.05) is 12.1 Å². The van der Waals surface area contributed by atoms with E-state index in [2.05, 4.69) is 63.4 Å². The van der Waals surface area contributed by atoms with Crippen LogP contribution < -0.4 is 20.3 Å². The molecule has 1 aromatic rings. The zero-order valence-corrected chi connectivity index (χ0v) is 20.3. The molecule has 0 aliphatic heterocycles. The van der Waals surface area contributed by atoms with Gasteiger partial charge in [0.1, 0.15) is 0 Å². The van der Waals surface area contributed by atoms with Crippen LogP contribution in [0.4, 0.5) is 5.69 Å². The fourth-order valence-corrected chi connectivity index (χ4v) is 3.74. The third-order valence-electron chi connectivity index (χ3n) is 3.81. The number of likely N-dealkylation sites (N-methyl/N-ethyl adjacent to an activating group) is 1. The van der Waals surface area contributed by atoms with Gasteiger partial charge in [0, 0.05) is 44.5 Å². The van der Waals surface area contributed by atoms with Crippen molar-refractivity contribution in [1.82, 2.24) is 15.4 Å². The summed E-state index contributed by atoms with van der Waals surface area (Å²) in [5.74, 6) is 0.647. The van der Waals surface area contributed by atoms with Crippen molar-refractivity contribution in [2.75, 3.05) is 44.4 Å². The van der Waals surface area contributed by atoms with Crippen LogP contribution in [-0.4, -0.2) is 59.4 Å². The topological polar surface area (TPSA) is 85.8 Å². The van der Waals surface area contributed by atoms with Gasteiger partial charge in [0.2, 0.25) is 10.0 Å². The average molecular weight is 511 g/mol. The molecule has 0 fully saturated rings. The van der Waals surface area contributed by atoms with Crippen LogP contribution >= 0.6 is 24.0 Å². The fraction of sp³-hybridized carbons (Fsp3) is 0.611. The Morgan fingerprint density at radius 2 is 1.93 bits per heavy atom. The molecule has 0 unspecified atom stereocenters. The van der Waals surface area contributed by atoms with Gasteiger partial charge in [0.25, 0.3) is 0 Å². The third-order valence-corrected chi connectivity index (χ3v) is 4.73. The maximum absolute atomic E-state index is 11.4. The Kier molecular flexibility index (Phi) is 11.2. The summed E-state index contributed by atoms with van der Waals surface area (Å²) < 4.78 is 25.4. The minimum atomic E-state index is -3.26. The van der Waals surface area contributed by atoms with E-state index >= 15 is 0 Å². The Morgan fingerprint density at radius 3 is 2.44 bits per heavy atom. The van der Waals surface area contributed by atoms with Crippen LogP contribution in [0, 0.1) is 6.92 Å². The van der Waals surface area contributed by atoms with E-state index in [-0.39, 0.29) is 24.0 Å². The highest BCUT2D eigenvalue weighted by Gasteiger charge is 2.22. The molecule has 3 N–H and O–H groups in total. The largest absolute Gasteiger partial charge is 0.370 e. The lowest BCUT2D eigenvalue weighted by atomic mass is 10.1. The number of hydrogen-bond donors (Lipinski definition) is 3. The molecule has 0 bridgehead atoms. The van der Waals surface area contributed by atoms with Crippen molar-refractivity contribution >= 4 is 45.6 Å². The minimum absolute atomic E-state index is 0. The van der Waals surface area contributed by atoms with Gasteiger partial charge in [-0.2, -0.15) is 0 Å². The molecule has 0 aliphatic rings. The molecule has 9 heteroatoms. The zero-order valence-electron chi connectivity index (χ0n) is 17.2. The smallest absolute Gasteiger partial charge is 0.209 e. The molecular weight excluding hydrogens is 477 g/mol. The number of halogens is 1. The molecule has 0 saturated heterocycles. The van der Waals surface area contributed by atoms with E-state index in [1.54, 1.807) is 7.05 Å². The van der Waals surface area contributed by atoms with Crippen molar-refractivity contribution in [3.05, 3.63) is 29.8 Å². The summed E-state index contributed by atoms with van der Waals surface area (Å²) in [6.07, 6.45) is 1.16. The second kappa shape index (κ2) is 11.7. The summed E-state index contributed by atoms with van der Waals surface area (Å²) in [4.78, 5) is 6.49. The summed E-state index contributed by atoms with van der Waals surface area (Å²) >= 11 is 0. The van der Waals surface area contributed by atoms with Gasteiger partial charge in [-0.15, -0.1) is 24.0 Å². The highest BCUT2D eigenvalue weighted by atomic mass is 127. The summed E-state index contributed by atoms with van der Waals surface area (Å²) in [6.45, 7) is 10.8. The van der Waals surface area contributed by atoms with Crippen LogP contribution in [0.15, 0.2) is 29.3 Å². The van der Waals surface area contributed by atoms with Crippen molar-refractivity contribution in [3.8, 4) is 0 Å². The van der Waals surface area contributed by atoms with E-state index in [1.165, 1.54) is 11.3 Å². The Bertz CT molecular complexity index is 707. The van der Waals surface area contributed by atoms with Crippen LogP contribution in [0.2, 0.25) is 0 Å². The first-order valence-corrected chi connectivity index (χ1v) is 10.7. The number of hydrogen-bond acceptors (Lipinski definition) is 4. The highest BCUT2D eigenvalue weighted by Crippen LogP contribution is 2.14. The molecule has 1 aromatic carbocycles. The molecule has 0 atom stereocenters. The SMILES string of the molecule is CCN(CCNC(=NC)NCC(C)(C)NS(C)(=O)=O)c1cccc(C)c1.I. The van der Waals surface area contributed by atoms with E-state index in [0.29, 0.717) is 12.5 Å². The Balaban J connectivity index is 0.00000676. The van der Waals surface area contributed by atoms with E-state index in [9.17, 15) is 8.42 Å². The molecule has 156 valence electrons. The second-order valence-electron chi connectivity index (χ2n) is 7.03. The molecule has 27 heavy (non-hydrogen) atoms. The van der Waals surface area contributed by atoms with Gasteiger partial charge in [-0.3, -0.25) is 4.99 Å². The predicted octanol–water partition coefficient (Wildman–Crippen LogP) is 1.93. The van der Waals surface area contributed by atoms with Crippen LogP contribution in [0.25, 0.3) is 0 Å². The number of benzene rings is 1. The highest BCUT2D eigenvalue weighted by molar-refractivity contribution is 14.0. The number of aliphatic imine (C=N–C) groups is 1. The first kappa shape index (κ1) is 25.9. The number of nitrogens with zero attached hydrogens (tertiary/aromatic N) is 2. The lowest BCUT2D eigenvalue weighted by Crippen LogP contribution is -2.53. The molecule has 0 spiro atoms. The Hall–Kier alpha value is -1.07. The fourth-order valence-electron chi connectivity index (χ4n) is 2.67. The van der Waals surface area contributed by atoms with E-state index < -0.39 is 15.6 Å². The van der Waals surface area contributed by atoms with Gasteiger partial charge in [0.05, 0.1) is 6.26 Å². The van der Waals surface area contributed by atoms with Crippen LogP contribution in [0.5, 0.6) is 0 Å². The van der Waals surface area contributed by atoms with Crippen LogP contribution in [0.3, 0.4) is 0 Å². The van der Waals surface area contributed by atoms with Crippen molar-refractivity contribution in [2.45, 2.75) is 33.2 Å². The Morgan fingerprint density at radius 1 is 1.26 bits per heavy atom. The minimum Gasteiger partial charge on any atom is -0.370 e. The molecule has 0 aliphatic carbocycles. The molecule has 0 aromatic heterocycles. The number of aryl methyl sites for hydroxylation is 1. The predicted molar refractivity (Wildman–Crippen MR) is 126 cm³/mol. The van der Waals surface area contributed by atoms with E-state index in [1.807, 2.05) is 13.8 Å². The van der Waals surface area contributed by atoms with Crippen LogP contribution in [0.1, 0.15) is 26.3 Å². The van der Waals surface area contributed by atoms with Gasteiger partial charge in [0.15, 0.2) is 5.96 Å². The number of anilines is 1. The first-order chi connectivity index (χ1) is 12.1. The molecular formula is C18H34IN5O2S. The normalized spacial score (nSPS) is 12.3. The molecule has 0 saturated carbocycles. The van der Waals surface area contributed by atoms with E-state index in [0.717, 1.165) is 25.9 Å². The van der Waals surface area contributed by atoms with Gasteiger partial charge < -0.3 is 15.5 Å². The third kappa shape index (κ3) is 10.7. The lowest BCUT2D eigenvalue weighted by molar-refractivity contribution is 0.446. The van der Waals surface area contributed by atoms with Gasteiger partial charge in [-0.25, -0.2) is 13.1 Å². The average Bonchev–Trinajstić information content (AvgIpc) is 2.52. The number of sulfonamides is 1. The summed E-state index contributed by atoms with van der Waals surface area (Å²) in [5.41, 5.74) is 1.84. The standard InChI is InChI=1S/C18H33N5O2S.HI/c1-7-23(16-10-8-9-15(2)13-16)12-11-20-17(19-5)21-14-18(3,4)22-26(6,24)25;/h8-10,13,22H,7,11-12,14H2,1-6H3,(H2,19,20,21);1H. The van der Waals surface area contributed by atoms with E-state index in [4.69, 9.17) is 0 Å². The van der Waals surface area contributed by atoms with Crippen molar-refractivity contribution in [1.29, 1.82) is 0 Å². The van der Waals surface area contributed by atoms with Crippen molar-refractivity contribution < 1.29 is 8.42 Å². The van der Waals surface area contributed by atoms with Crippen molar-refractivity contribution in [3.63, 3.8) is 0 Å². The number of guanidine groups is 1. The molecule has 7 nitrogen and oxygen atoms in total. The Labute approximate surface area is 181 Å². The van der Waals surface area contributed by atoms with Crippen molar-refractivity contribution in [2.24, 2.45) is 4.99 Å². The lowest BCUT2D eigenvalue weighted by Gasteiger charge is -2.27. The summed E-state index contributed by atoms with van der Waals surface area (Å²) in [6, 6.07) is 8.45. The van der Waals surface area contributed by atoms with Gasteiger partial charge in [-0.05, 0) is 45.4 Å². The maximum Gasteiger partial charge on any atom is 0.209 e. The monoisotopic (exact) mass is 511 g/mol. The number of rotatable bonds is 9. The molecule has 0 radical (unpaired) electrons. The molecule has 0 heterocycles. The zero-order chi connectivity index (χ0) is 19.8. The maximum atomic E-state index is 11.4. The molecule has 0 amide bonds. The summed E-state index contributed by atoms with van der Waals surface area (Å²) in [7, 11) is -1.56. The van der Waals surface area contributed by atoms with Gasteiger partial charge >= 0.3 is 0 Å². The first-order valence-electron chi connectivity index (χ1n) is 8.81. The number of nitrogens with one attached hydrogen (secondary N) is 3. The molecule has 1 rings (SSSR count). The quantitative estimate of drug-likeness (QED) is 0.268.